The number of nitrogens with one attached hydrogen (secondary N) is 1. The van der Waals surface area contributed by atoms with Gasteiger partial charge in [0.15, 0.2) is 5.69 Å². The van der Waals surface area contributed by atoms with Crippen LogP contribution in [0.5, 0.6) is 0 Å². The standard InChI is InChI=1S/C18H30N4O2/c23-18(24)16-13-22(21-20-16)17-10-6-5-9-15(17)19-12-11-14-7-3-1-2-4-8-14/h13-15,17,19H,1-12H2,(H,23,24)/t15-,17+/m0/s1. The van der Waals surface area contributed by atoms with Gasteiger partial charge < -0.3 is 10.4 Å². The third kappa shape index (κ3) is 4.56. The fourth-order valence-corrected chi connectivity index (χ4v) is 4.33. The molecule has 134 valence electrons. The van der Waals surface area contributed by atoms with E-state index in [-0.39, 0.29) is 11.7 Å². The minimum absolute atomic E-state index is 0.0396. The van der Waals surface area contributed by atoms with E-state index in [0.29, 0.717) is 6.04 Å². The summed E-state index contributed by atoms with van der Waals surface area (Å²) in [6, 6.07) is 0.612. The lowest BCUT2D eigenvalue weighted by molar-refractivity contribution is 0.0690. The minimum Gasteiger partial charge on any atom is -0.476 e. The normalized spacial score (nSPS) is 26.2. The average Bonchev–Trinajstić information content (AvgIpc) is 2.94. The molecule has 1 aromatic heterocycles. The molecule has 24 heavy (non-hydrogen) atoms. The first-order chi connectivity index (χ1) is 11.7. The predicted molar refractivity (Wildman–Crippen MR) is 92.1 cm³/mol. The summed E-state index contributed by atoms with van der Waals surface area (Å²) in [5.41, 5.74) is 0.0396. The first-order valence-electron chi connectivity index (χ1n) is 9.62. The number of carboxylic acids is 1. The smallest absolute Gasteiger partial charge is 0.358 e. The Morgan fingerprint density at radius 3 is 2.54 bits per heavy atom. The topological polar surface area (TPSA) is 80.0 Å². The SMILES string of the molecule is O=C(O)c1cn([C@@H]2CCCC[C@@H]2NCCC2CCCCCC2)nn1. The summed E-state index contributed by atoms with van der Waals surface area (Å²) in [5, 5.41) is 20.6. The van der Waals surface area contributed by atoms with Gasteiger partial charge in [-0.3, -0.25) is 0 Å². The summed E-state index contributed by atoms with van der Waals surface area (Å²) in [5.74, 6) is -0.123. The molecule has 0 radical (unpaired) electrons. The van der Waals surface area contributed by atoms with Gasteiger partial charge in [-0.2, -0.15) is 0 Å². The predicted octanol–water partition coefficient (Wildman–Crippen LogP) is 3.41. The van der Waals surface area contributed by atoms with E-state index in [1.54, 1.807) is 10.9 Å². The van der Waals surface area contributed by atoms with Crippen LogP contribution in [0.25, 0.3) is 0 Å². The summed E-state index contributed by atoms with van der Waals surface area (Å²) in [7, 11) is 0. The van der Waals surface area contributed by atoms with Crippen LogP contribution >= 0.6 is 0 Å². The second-order valence-electron chi connectivity index (χ2n) is 7.45. The Morgan fingerprint density at radius 1 is 1.12 bits per heavy atom. The maximum absolute atomic E-state index is 11.0. The van der Waals surface area contributed by atoms with Crippen molar-refractivity contribution < 1.29 is 9.90 Å². The number of hydrogen-bond acceptors (Lipinski definition) is 4. The first kappa shape index (κ1) is 17.4. The Balaban J connectivity index is 1.53. The molecule has 2 N–H and O–H groups in total. The van der Waals surface area contributed by atoms with Crippen LogP contribution in [0.1, 0.15) is 87.2 Å². The van der Waals surface area contributed by atoms with E-state index in [1.807, 2.05) is 0 Å². The monoisotopic (exact) mass is 334 g/mol. The molecular formula is C18H30N4O2. The van der Waals surface area contributed by atoms with Crippen LogP contribution in [0.2, 0.25) is 0 Å². The molecule has 0 saturated heterocycles. The molecule has 2 saturated carbocycles. The Labute approximate surface area is 144 Å². The molecule has 6 heteroatoms. The maximum atomic E-state index is 11.0. The zero-order chi connectivity index (χ0) is 16.8. The fourth-order valence-electron chi connectivity index (χ4n) is 4.33. The molecule has 2 atom stereocenters. The quantitative estimate of drug-likeness (QED) is 0.779. The highest BCUT2D eigenvalue weighted by Crippen LogP contribution is 2.29. The zero-order valence-electron chi connectivity index (χ0n) is 14.5. The molecule has 1 heterocycles. The lowest BCUT2D eigenvalue weighted by atomic mass is 9.89. The van der Waals surface area contributed by atoms with Gasteiger partial charge in [0, 0.05) is 6.04 Å². The molecule has 3 rings (SSSR count). The molecule has 0 bridgehead atoms. The Bertz CT molecular complexity index is 523. The fraction of sp³-hybridized carbons (Fsp3) is 0.833. The van der Waals surface area contributed by atoms with E-state index in [4.69, 9.17) is 5.11 Å². The van der Waals surface area contributed by atoms with Gasteiger partial charge in [0.05, 0.1) is 12.2 Å². The van der Waals surface area contributed by atoms with Crippen molar-refractivity contribution in [3.63, 3.8) is 0 Å². The number of nitrogens with zero attached hydrogens (tertiary/aromatic N) is 3. The van der Waals surface area contributed by atoms with Gasteiger partial charge in [0.2, 0.25) is 0 Å². The molecule has 0 aromatic carbocycles. The third-order valence-electron chi connectivity index (χ3n) is 5.73. The minimum atomic E-state index is -1.00. The van der Waals surface area contributed by atoms with E-state index in [2.05, 4.69) is 15.6 Å². The summed E-state index contributed by atoms with van der Waals surface area (Å²) in [4.78, 5) is 11.0. The molecule has 6 nitrogen and oxygen atoms in total. The molecule has 1 aromatic rings. The van der Waals surface area contributed by atoms with Crippen molar-refractivity contribution in [2.45, 2.75) is 82.7 Å². The van der Waals surface area contributed by atoms with E-state index in [9.17, 15) is 4.79 Å². The van der Waals surface area contributed by atoms with E-state index < -0.39 is 5.97 Å². The van der Waals surface area contributed by atoms with Crippen molar-refractivity contribution in [1.82, 2.24) is 20.3 Å². The van der Waals surface area contributed by atoms with Gasteiger partial charge in [0.1, 0.15) is 0 Å². The molecular weight excluding hydrogens is 304 g/mol. The second kappa shape index (κ2) is 8.60. The van der Waals surface area contributed by atoms with E-state index in [0.717, 1.165) is 25.3 Å². The van der Waals surface area contributed by atoms with Crippen LogP contribution in [0.3, 0.4) is 0 Å². The lowest BCUT2D eigenvalue weighted by Crippen LogP contribution is -2.41. The summed E-state index contributed by atoms with van der Waals surface area (Å²) in [6.45, 7) is 1.06. The highest BCUT2D eigenvalue weighted by Gasteiger charge is 2.28. The highest BCUT2D eigenvalue weighted by atomic mass is 16.4. The van der Waals surface area contributed by atoms with Gasteiger partial charge in [-0.15, -0.1) is 5.10 Å². The van der Waals surface area contributed by atoms with Crippen molar-refractivity contribution >= 4 is 5.97 Å². The van der Waals surface area contributed by atoms with Gasteiger partial charge in [0.25, 0.3) is 0 Å². The molecule has 0 spiro atoms. The maximum Gasteiger partial charge on any atom is 0.358 e. The second-order valence-corrected chi connectivity index (χ2v) is 7.45. The van der Waals surface area contributed by atoms with Crippen LogP contribution < -0.4 is 5.32 Å². The number of aromatic nitrogens is 3. The van der Waals surface area contributed by atoms with E-state index >= 15 is 0 Å². The van der Waals surface area contributed by atoms with Gasteiger partial charge in [-0.25, -0.2) is 9.48 Å². The van der Waals surface area contributed by atoms with Crippen LogP contribution in [-0.2, 0) is 0 Å². The van der Waals surface area contributed by atoms with Gasteiger partial charge >= 0.3 is 5.97 Å². The molecule has 2 aliphatic rings. The number of carboxylic acid groups (broad SMARTS) is 1. The third-order valence-corrected chi connectivity index (χ3v) is 5.73. The molecule has 2 aliphatic carbocycles. The summed E-state index contributed by atoms with van der Waals surface area (Å²) >= 11 is 0. The average molecular weight is 334 g/mol. The van der Waals surface area contributed by atoms with Crippen LogP contribution in [0, 0.1) is 5.92 Å². The Hall–Kier alpha value is -1.43. The van der Waals surface area contributed by atoms with Crippen molar-refractivity contribution in [3.8, 4) is 0 Å². The molecule has 0 unspecified atom stereocenters. The number of hydrogen-bond donors (Lipinski definition) is 2. The Morgan fingerprint density at radius 2 is 1.83 bits per heavy atom. The van der Waals surface area contributed by atoms with Crippen LogP contribution in [0.4, 0.5) is 0 Å². The van der Waals surface area contributed by atoms with Gasteiger partial charge in [-0.1, -0.05) is 56.6 Å². The van der Waals surface area contributed by atoms with E-state index in [1.165, 1.54) is 57.8 Å². The molecule has 0 amide bonds. The number of aromatic carboxylic acids is 1. The largest absolute Gasteiger partial charge is 0.476 e. The number of rotatable bonds is 6. The first-order valence-corrected chi connectivity index (χ1v) is 9.62. The number of carbonyl (C=O) groups is 1. The van der Waals surface area contributed by atoms with Crippen molar-refractivity contribution in [2.24, 2.45) is 5.92 Å². The summed E-state index contributed by atoms with van der Waals surface area (Å²) in [6.07, 6.45) is 15.8. The van der Waals surface area contributed by atoms with Crippen molar-refractivity contribution in [2.75, 3.05) is 6.54 Å². The Kier molecular flexibility index (Phi) is 6.24. The zero-order valence-corrected chi connectivity index (χ0v) is 14.5. The van der Waals surface area contributed by atoms with Crippen molar-refractivity contribution in [1.29, 1.82) is 0 Å². The van der Waals surface area contributed by atoms with Crippen LogP contribution in [0.15, 0.2) is 6.20 Å². The lowest BCUT2D eigenvalue weighted by Gasteiger charge is -2.32. The molecule has 0 aliphatic heterocycles. The highest BCUT2D eigenvalue weighted by molar-refractivity contribution is 5.84. The van der Waals surface area contributed by atoms with Crippen molar-refractivity contribution in [3.05, 3.63) is 11.9 Å². The summed E-state index contributed by atoms with van der Waals surface area (Å²) < 4.78 is 1.77. The van der Waals surface area contributed by atoms with Crippen LogP contribution in [-0.4, -0.2) is 38.7 Å². The molecule has 2 fully saturated rings. The van der Waals surface area contributed by atoms with Gasteiger partial charge in [-0.05, 0) is 31.7 Å².